The highest BCUT2D eigenvalue weighted by molar-refractivity contribution is 5.76. The monoisotopic (exact) mass is 440 g/mol. The smallest absolute Gasteiger partial charge is 0.223 e. The third-order valence-corrected chi connectivity index (χ3v) is 6.12. The molecule has 1 amide bonds. The van der Waals surface area contributed by atoms with Gasteiger partial charge in [-0.2, -0.15) is 0 Å². The summed E-state index contributed by atoms with van der Waals surface area (Å²) in [4.78, 5) is 17.4. The maximum absolute atomic E-state index is 13.3. The highest BCUT2D eigenvalue weighted by atomic mass is 19.1. The fourth-order valence-electron chi connectivity index (χ4n) is 4.05. The van der Waals surface area contributed by atoms with E-state index in [1.165, 1.54) is 25.0 Å². The number of nitrogens with zero attached hydrogens (tertiary/aromatic N) is 2. The van der Waals surface area contributed by atoms with Gasteiger partial charge in [0.25, 0.3) is 0 Å². The van der Waals surface area contributed by atoms with Crippen LogP contribution in [0.5, 0.6) is 5.75 Å². The third-order valence-electron chi connectivity index (χ3n) is 6.12. The molecule has 0 bridgehead atoms. The van der Waals surface area contributed by atoms with Gasteiger partial charge in [0.15, 0.2) is 0 Å². The highest BCUT2D eigenvalue weighted by Gasteiger charge is 2.20. The number of amides is 1. The second kappa shape index (κ2) is 12.0. The zero-order valence-electron chi connectivity index (χ0n) is 19.7. The van der Waals surface area contributed by atoms with Crippen LogP contribution in [-0.2, 0) is 17.9 Å². The number of hydrogen-bond donors (Lipinski definition) is 0. The average molecular weight is 441 g/mol. The van der Waals surface area contributed by atoms with Gasteiger partial charge in [-0.25, -0.2) is 4.39 Å². The molecular weight excluding hydrogens is 403 g/mol. The number of rotatable bonds is 10. The second-order valence-corrected chi connectivity index (χ2v) is 9.51. The fourth-order valence-corrected chi connectivity index (χ4v) is 4.05. The molecule has 0 spiro atoms. The molecule has 0 N–H and O–H groups in total. The number of carbonyl (C=O) groups is 1. The SMILES string of the molecule is CC(C)COc1ccc(CN(Cc2ccc(F)cc2)C(=O)CCC2CCN(C)CC2)cc1. The number of piperidine rings is 1. The van der Waals surface area contributed by atoms with Crippen molar-refractivity contribution in [3.63, 3.8) is 0 Å². The highest BCUT2D eigenvalue weighted by Crippen LogP contribution is 2.23. The number of hydrogen-bond acceptors (Lipinski definition) is 3. The van der Waals surface area contributed by atoms with Crippen molar-refractivity contribution in [3.8, 4) is 5.75 Å². The van der Waals surface area contributed by atoms with E-state index in [-0.39, 0.29) is 11.7 Å². The number of carbonyl (C=O) groups excluding carboxylic acids is 1. The Labute approximate surface area is 192 Å². The Kier molecular flexibility index (Phi) is 9.10. The molecule has 1 saturated heterocycles. The topological polar surface area (TPSA) is 32.8 Å². The first-order valence-electron chi connectivity index (χ1n) is 11.8. The van der Waals surface area contributed by atoms with Crippen molar-refractivity contribution in [1.82, 2.24) is 9.80 Å². The van der Waals surface area contributed by atoms with E-state index in [0.717, 1.165) is 36.4 Å². The predicted molar refractivity (Wildman–Crippen MR) is 127 cm³/mol. The molecule has 2 aromatic rings. The Balaban J connectivity index is 1.63. The van der Waals surface area contributed by atoms with Crippen LogP contribution < -0.4 is 4.74 Å². The van der Waals surface area contributed by atoms with Gasteiger partial charge in [-0.3, -0.25) is 4.79 Å². The van der Waals surface area contributed by atoms with Crippen LogP contribution >= 0.6 is 0 Å². The molecule has 174 valence electrons. The molecule has 3 rings (SSSR count). The Bertz CT molecular complexity index is 828. The van der Waals surface area contributed by atoms with Crippen LogP contribution in [0.25, 0.3) is 0 Å². The summed E-state index contributed by atoms with van der Waals surface area (Å²) >= 11 is 0. The van der Waals surface area contributed by atoms with Crippen molar-refractivity contribution in [2.24, 2.45) is 11.8 Å². The molecule has 5 heteroatoms. The third kappa shape index (κ3) is 7.94. The fraction of sp³-hybridized carbons (Fsp3) is 0.519. The summed E-state index contributed by atoms with van der Waals surface area (Å²) in [5.74, 6) is 1.85. The van der Waals surface area contributed by atoms with Crippen molar-refractivity contribution >= 4 is 5.91 Å². The number of halogens is 1. The van der Waals surface area contributed by atoms with Crippen LogP contribution in [0.3, 0.4) is 0 Å². The van der Waals surface area contributed by atoms with Crippen molar-refractivity contribution in [3.05, 3.63) is 65.5 Å². The zero-order valence-corrected chi connectivity index (χ0v) is 19.7. The largest absolute Gasteiger partial charge is 0.493 e. The molecule has 1 aliphatic heterocycles. The van der Waals surface area contributed by atoms with Crippen LogP contribution in [0.1, 0.15) is 50.7 Å². The molecule has 0 radical (unpaired) electrons. The lowest BCUT2D eigenvalue weighted by Gasteiger charge is -2.29. The van der Waals surface area contributed by atoms with E-state index in [1.54, 1.807) is 12.1 Å². The predicted octanol–water partition coefficient (Wildman–Crippen LogP) is 5.51. The molecule has 1 heterocycles. The summed E-state index contributed by atoms with van der Waals surface area (Å²) < 4.78 is 19.1. The lowest BCUT2D eigenvalue weighted by atomic mass is 9.92. The first kappa shape index (κ1) is 24.2. The lowest BCUT2D eigenvalue weighted by Crippen LogP contribution is -2.32. The molecule has 0 saturated carbocycles. The van der Waals surface area contributed by atoms with E-state index >= 15 is 0 Å². The molecular formula is C27H37FN2O2. The minimum absolute atomic E-state index is 0.161. The summed E-state index contributed by atoms with van der Waals surface area (Å²) in [5, 5.41) is 0. The summed E-state index contributed by atoms with van der Waals surface area (Å²) in [6.07, 6.45) is 3.83. The standard InChI is InChI=1S/C27H37FN2O2/c1-21(2)20-32-26-11-6-24(7-12-26)19-30(18-23-4-9-25(28)10-5-23)27(31)13-8-22-14-16-29(3)17-15-22/h4-7,9-12,21-22H,8,13-20H2,1-3H3. The first-order chi connectivity index (χ1) is 15.4. The van der Waals surface area contributed by atoms with E-state index in [0.29, 0.717) is 38.0 Å². The van der Waals surface area contributed by atoms with Gasteiger partial charge in [0, 0.05) is 19.5 Å². The van der Waals surface area contributed by atoms with Crippen LogP contribution in [0, 0.1) is 17.7 Å². The normalized spacial score (nSPS) is 15.2. The summed E-state index contributed by atoms with van der Waals surface area (Å²) in [6, 6.07) is 14.4. The minimum Gasteiger partial charge on any atom is -0.493 e. The van der Waals surface area contributed by atoms with Gasteiger partial charge in [-0.1, -0.05) is 38.1 Å². The quantitative estimate of drug-likeness (QED) is 0.488. The molecule has 0 unspecified atom stereocenters. The summed E-state index contributed by atoms with van der Waals surface area (Å²) in [7, 11) is 2.16. The van der Waals surface area contributed by atoms with Gasteiger partial charge in [-0.15, -0.1) is 0 Å². The van der Waals surface area contributed by atoms with Crippen molar-refractivity contribution in [2.75, 3.05) is 26.7 Å². The van der Waals surface area contributed by atoms with Crippen molar-refractivity contribution < 1.29 is 13.9 Å². The molecule has 1 aliphatic rings. The van der Waals surface area contributed by atoms with E-state index in [9.17, 15) is 9.18 Å². The number of ether oxygens (including phenoxy) is 1. The maximum atomic E-state index is 13.3. The van der Waals surface area contributed by atoms with E-state index < -0.39 is 0 Å². The Morgan fingerprint density at radius 1 is 1.03 bits per heavy atom. The van der Waals surface area contributed by atoms with Gasteiger partial charge in [0.05, 0.1) is 6.61 Å². The average Bonchev–Trinajstić information content (AvgIpc) is 2.79. The van der Waals surface area contributed by atoms with Crippen LogP contribution in [0.4, 0.5) is 4.39 Å². The van der Waals surface area contributed by atoms with E-state index in [1.807, 2.05) is 29.2 Å². The first-order valence-corrected chi connectivity index (χ1v) is 11.8. The molecule has 2 aromatic carbocycles. The summed E-state index contributed by atoms with van der Waals surface area (Å²) in [5.41, 5.74) is 2.01. The van der Waals surface area contributed by atoms with Gasteiger partial charge in [-0.05, 0) is 86.6 Å². The zero-order chi connectivity index (χ0) is 22.9. The molecule has 0 aromatic heterocycles. The van der Waals surface area contributed by atoms with Gasteiger partial charge in [0.2, 0.25) is 5.91 Å². The molecule has 4 nitrogen and oxygen atoms in total. The van der Waals surface area contributed by atoms with Crippen LogP contribution in [0.2, 0.25) is 0 Å². The Hall–Kier alpha value is -2.40. The van der Waals surface area contributed by atoms with Gasteiger partial charge in [0.1, 0.15) is 11.6 Å². The van der Waals surface area contributed by atoms with Crippen LogP contribution in [0.15, 0.2) is 48.5 Å². The molecule has 32 heavy (non-hydrogen) atoms. The van der Waals surface area contributed by atoms with E-state index in [2.05, 4.69) is 25.8 Å². The molecule has 0 aliphatic carbocycles. The maximum Gasteiger partial charge on any atom is 0.223 e. The van der Waals surface area contributed by atoms with Crippen LogP contribution in [-0.4, -0.2) is 42.5 Å². The molecule has 1 fully saturated rings. The lowest BCUT2D eigenvalue weighted by molar-refractivity contribution is -0.132. The number of likely N-dealkylation sites (tertiary alicyclic amines) is 1. The van der Waals surface area contributed by atoms with Crippen molar-refractivity contribution in [2.45, 2.75) is 52.6 Å². The van der Waals surface area contributed by atoms with Gasteiger partial charge >= 0.3 is 0 Å². The Morgan fingerprint density at radius 2 is 1.59 bits per heavy atom. The molecule has 0 atom stereocenters. The van der Waals surface area contributed by atoms with Gasteiger partial charge < -0.3 is 14.5 Å². The Morgan fingerprint density at radius 3 is 2.16 bits per heavy atom. The van der Waals surface area contributed by atoms with Crippen molar-refractivity contribution in [1.29, 1.82) is 0 Å². The second-order valence-electron chi connectivity index (χ2n) is 9.51. The minimum atomic E-state index is -0.258. The number of benzene rings is 2. The van der Waals surface area contributed by atoms with E-state index in [4.69, 9.17) is 4.74 Å². The summed E-state index contributed by atoms with van der Waals surface area (Å²) in [6.45, 7) is 8.18.